The fraction of sp³-hybridized carbons (Fsp3) is 0.353. The molecule has 6 nitrogen and oxygen atoms in total. The predicted molar refractivity (Wildman–Crippen MR) is 97.9 cm³/mol. The van der Waals surface area contributed by atoms with Crippen molar-refractivity contribution in [3.63, 3.8) is 0 Å². The number of benzene rings is 1. The molecule has 0 aliphatic carbocycles. The van der Waals surface area contributed by atoms with Gasteiger partial charge in [-0.1, -0.05) is 36.4 Å². The van der Waals surface area contributed by atoms with Crippen LogP contribution in [0.2, 0.25) is 0 Å². The second kappa shape index (κ2) is 7.99. The Hall–Kier alpha value is -1.90. The van der Waals surface area contributed by atoms with Gasteiger partial charge in [-0.2, -0.15) is 0 Å². The second-order valence-electron chi connectivity index (χ2n) is 5.96. The van der Waals surface area contributed by atoms with E-state index in [4.69, 9.17) is 0 Å². The van der Waals surface area contributed by atoms with Gasteiger partial charge >= 0.3 is 6.03 Å². The van der Waals surface area contributed by atoms with E-state index >= 15 is 0 Å². The van der Waals surface area contributed by atoms with Crippen LogP contribution in [-0.2, 0) is 16.6 Å². The van der Waals surface area contributed by atoms with Gasteiger partial charge in [0.15, 0.2) is 0 Å². The molecule has 2 aromatic rings. The molecule has 134 valence electrons. The Kier molecular flexibility index (Phi) is 5.72. The van der Waals surface area contributed by atoms with Gasteiger partial charge in [0.1, 0.15) is 4.21 Å². The Bertz CT molecular complexity index is 784. The molecule has 0 spiro atoms. The van der Waals surface area contributed by atoms with Gasteiger partial charge in [0, 0.05) is 25.7 Å². The van der Waals surface area contributed by atoms with Crippen molar-refractivity contribution in [2.45, 2.75) is 29.6 Å². The molecule has 0 saturated carbocycles. The third-order valence-corrected chi connectivity index (χ3v) is 7.07. The first-order valence-electron chi connectivity index (χ1n) is 8.17. The van der Waals surface area contributed by atoms with Crippen molar-refractivity contribution in [2.24, 2.45) is 0 Å². The highest BCUT2D eigenvalue weighted by atomic mass is 32.2. The summed E-state index contributed by atoms with van der Waals surface area (Å²) in [7, 11) is -3.45. The fourth-order valence-electron chi connectivity index (χ4n) is 2.78. The first kappa shape index (κ1) is 17.9. The minimum absolute atomic E-state index is 0.108. The van der Waals surface area contributed by atoms with Crippen LogP contribution in [0.4, 0.5) is 4.79 Å². The zero-order valence-electron chi connectivity index (χ0n) is 13.7. The highest BCUT2D eigenvalue weighted by Gasteiger charge is 2.26. The molecule has 1 fully saturated rings. The molecular formula is C17H21N3O3S2. The number of carbonyl (C=O) groups is 1. The largest absolute Gasteiger partial charge is 0.334 e. The number of piperidine rings is 1. The van der Waals surface area contributed by atoms with Crippen LogP contribution >= 0.6 is 11.3 Å². The number of carbonyl (C=O) groups excluding carboxylic acids is 1. The van der Waals surface area contributed by atoms with E-state index in [1.807, 2.05) is 30.3 Å². The molecule has 0 radical (unpaired) electrons. The highest BCUT2D eigenvalue weighted by Crippen LogP contribution is 2.18. The van der Waals surface area contributed by atoms with Crippen molar-refractivity contribution >= 4 is 27.4 Å². The molecule has 1 saturated heterocycles. The quantitative estimate of drug-likeness (QED) is 0.837. The van der Waals surface area contributed by atoms with Gasteiger partial charge in [-0.05, 0) is 29.9 Å². The SMILES string of the molecule is O=C(NCc1ccccc1)N1CCC(NS(=O)(=O)c2cccs2)CC1. The highest BCUT2D eigenvalue weighted by molar-refractivity contribution is 7.91. The van der Waals surface area contributed by atoms with Crippen LogP contribution in [0.5, 0.6) is 0 Å². The molecule has 1 aliphatic rings. The van der Waals surface area contributed by atoms with E-state index in [-0.39, 0.29) is 12.1 Å². The normalized spacial score (nSPS) is 15.9. The van der Waals surface area contributed by atoms with Gasteiger partial charge in [0.25, 0.3) is 0 Å². The zero-order valence-corrected chi connectivity index (χ0v) is 15.4. The number of amides is 2. The monoisotopic (exact) mass is 379 g/mol. The molecule has 1 aromatic carbocycles. The minimum Gasteiger partial charge on any atom is -0.334 e. The maximum absolute atomic E-state index is 12.2. The number of hydrogen-bond acceptors (Lipinski definition) is 4. The predicted octanol–water partition coefficient (Wildman–Crippen LogP) is 2.40. The smallest absolute Gasteiger partial charge is 0.317 e. The van der Waals surface area contributed by atoms with E-state index in [0.29, 0.717) is 36.7 Å². The van der Waals surface area contributed by atoms with Crippen LogP contribution in [0.15, 0.2) is 52.1 Å². The average molecular weight is 380 g/mol. The van der Waals surface area contributed by atoms with E-state index in [0.717, 1.165) is 5.56 Å². The van der Waals surface area contributed by atoms with Gasteiger partial charge in [0.2, 0.25) is 10.0 Å². The molecule has 25 heavy (non-hydrogen) atoms. The van der Waals surface area contributed by atoms with E-state index in [2.05, 4.69) is 10.0 Å². The molecule has 1 aromatic heterocycles. The Morgan fingerprint density at radius 2 is 1.84 bits per heavy atom. The van der Waals surface area contributed by atoms with Gasteiger partial charge < -0.3 is 10.2 Å². The second-order valence-corrected chi connectivity index (χ2v) is 8.85. The molecule has 2 amide bonds. The summed E-state index contributed by atoms with van der Waals surface area (Å²) in [4.78, 5) is 14.0. The third-order valence-electron chi connectivity index (χ3n) is 4.15. The summed E-state index contributed by atoms with van der Waals surface area (Å²) in [6, 6.07) is 12.8. The lowest BCUT2D eigenvalue weighted by Gasteiger charge is -2.32. The summed E-state index contributed by atoms with van der Waals surface area (Å²) in [6.07, 6.45) is 1.23. The molecule has 8 heteroatoms. The number of likely N-dealkylation sites (tertiary alicyclic amines) is 1. The Balaban J connectivity index is 1.46. The van der Waals surface area contributed by atoms with Crippen LogP contribution in [0, 0.1) is 0 Å². The number of nitrogens with zero attached hydrogens (tertiary/aromatic N) is 1. The first-order chi connectivity index (χ1) is 12.0. The topological polar surface area (TPSA) is 78.5 Å². The van der Waals surface area contributed by atoms with Gasteiger partial charge in [-0.25, -0.2) is 17.9 Å². The lowest BCUT2D eigenvalue weighted by molar-refractivity contribution is 0.179. The van der Waals surface area contributed by atoms with E-state index in [1.54, 1.807) is 22.4 Å². The van der Waals surface area contributed by atoms with Gasteiger partial charge in [0.05, 0.1) is 0 Å². The van der Waals surface area contributed by atoms with Crippen LogP contribution < -0.4 is 10.0 Å². The third kappa shape index (κ3) is 4.81. The van der Waals surface area contributed by atoms with Crippen molar-refractivity contribution in [2.75, 3.05) is 13.1 Å². The van der Waals surface area contributed by atoms with E-state index in [1.165, 1.54) is 11.3 Å². The molecule has 0 bridgehead atoms. The number of rotatable bonds is 5. The first-order valence-corrected chi connectivity index (χ1v) is 10.5. The van der Waals surface area contributed by atoms with Crippen LogP contribution in [-0.4, -0.2) is 38.5 Å². The zero-order chi connectivity index (χ0) is 17.7. The van der Waals surface area contributed by atoms with Crippen molar-refractivity contribution in [1.29, 1.82) is 0 Å². The van der Waals surface area contributed by atoms with Gasteiger partial charge in [-0.15, -0.1) is 11.3 Å². The summed E-state index contributed by atoms with van der Waals surface area (Å²) >= 11 is 1.20. The minimum atomic E-state index is -3.45. The molecule has 3 rings (SSSR count). The van der Waals surface area contributed by atoms with Crippen LogP contribution in [0.3, 0.4) is 0 Å². The molecule has 0 unspecified atom stereocenters. The summed E-state index contributed by atoms with van der Waals surface area (Å²) in [5, 5.41) is 4.65. The Morgan fingerprint density at radius 3 is 2.48 bits per heavy atom. The summed E-state index contributed by atoms with van der Waals surface area (Å²) < 4.78 is 27.6. The molecule has 1 aliphatic heterocycles. The summed E-state index contributed by atoms with van der Waals surface area (Å²) in [6.45, 7) is 1.57. The molecular weight excluding hydrogens is 358 g/mol. The average Bonchev–Trinajstić information content (AvgIpc) is 3.17. The van der Waals surface area contributed by atoms with Crippen LogP contribution in [0.1, 0.15) is 18.4 Å². The fourth-order valence-corrected chi connectivity index (χ4v) is 5.09. The number of thiophene rings is 1. The van der Waals surface area contributed by atoms with E-state index < -0.39 is 10.0 Å². The lowest BCUT2D eigenvalue weighted by Crippen LogP contribution is -2.49. The lowest BCUT2D eigenvalue weighted by atomic mass is 10.1. The number of hydrogen-bond donors (Lipinski definition) is 2. The Morgan fingerprint density at radius 1 is 1.12 bits per heavy atom. The standard InChI is InChI=1S/C17H21N3O3S2/c21-17(18-13-14-5-2-1-3-6-14)20-10-8-15(9-11-20)19-25(22,23)16-7-4-12-24-16/h1-7,12,15,19H,8-11,13H2,(H,18,21). The van der Waals surface area contributed by atoms with Crippen molar-refractivity contribution < 1.29 is 13.2 Å². The van der Waals surface area contributed by atoms with E-state index in [9.17, 15) is 13.2 Å². The number of nitrogens with one attached hydrogen (secondary N) is 2. The Labute approximate surface area is 151 Å². The summed E-state index contributed by atoms with van der Waals surface area (Å²) in [5.74, 6) is 0. The van der Waals surface area contributed by atoms with Crippen molar-refractivity contribution in [1.82, 2.24) is 14.9 Å². The number of urea groups is 1. The van der Waals surface area contributed by atoms with Crippen molar-refractivity contribution in [3.8, 4) is 0 Å². The van der Waals surface area contributed by atoms with Crippen LogP contribution in [0.25, 0.3) is 0 Å². The van der Waals surface area contributed by atoms with Crippen molar-refractivity contribution in [3.05, 3.63) is 53.4 Å². The summed E-state index contributed by atoms with van der Waals surface area (Å²) in [5.41, 5.74) is 1.05. The molecule has 2 N–H and O–H groups in total. The maximum atomic E-state index is 12.2. The van der Waals surface area contributed by atoms with Gasteiger partial charge in [-0.3, -0.25) is 0 Å². The maximum Gasteiger partial charge on any atom is 0.317 e. The molecule has 0 atom stereocenters. The number of sulfonamides is 1. The molecule has 2 heterocycles.